The minimum absolute atomic E-state index is 0.0419. The summed E-state index contributed by atoms with van der Waals surface area (Å²) in [6, 6.07) is 5.62. The molecule has 5 nitrogen and oxygen atoms in total. The average molecular weight is 272 g/mol. The number of fused-ring (bicyclic) bond motifs is 1. The average Bonchev–Trinajstić information content (AvgIpc) is 2.96. The van der Waals surface area contributed by atoms with Gasteiger partial charge in [0.25, 0.3) is 5.91 Å². The summed E-state index contributed by atoms with van der Waals surface area (Å²) in [5.74, 6) is -0.0419. The molecule has 2 N–H and O–H groups in total. The number of rotatable bonds is 4. The van der Waals surface area contributed by atoms with E-state index in [9.17, 15) is 4.79 Å². The summed E-state index contributed by atoms with van der Waals surface area (Å²) in [5, 5.41) is 2.99. The molecule has 0 aliphatic carbocycles. The molecule has 0 spiro atoms. The number of H-pyrrole nitrogens is 1. The first kappa shape index (κ1) is 13.1. The van der Waals surface area contributed by atoms with Crippen LogP contribution in [0.5, 0.6) is 0 Å². The Morgan fingerprint density at radius 3 is 3.00 bits per heavy atom. The first-order valence-corrected chi connectivity index (χ1v) is 7.27. The van der Waals surface area contributed by atoms with Crippen LogP contribution in [-0.2, 0) is 0 Å². The minimum Gasteiger partial charge on any atom is -0.351 e. The Morgan fingerprint density at radius 1 is 1.30 bits per heavy atom. The molecule has 1 aliphatic heterocycles. The molecule has 2 aromatic rings. The fourth-order valence-corrected chi connectivity index (χ4v) is 2.75. The highest BCUT2D eigenvalue weighted by Crippen LogP contribution is 2.14. The van der Waals surface area contributed by atoms with Crippen LogP contribution in [0.25, 0.3) is 11.0 Å². The third-order valence-corrected chi connectivity index (χ3v) is 3.86. The maximum atomic E-state index is 12.2. The SMILES string of the molecule is O=C(NCCN1CCCCC1)c1cccc2[nH]cnc12. The van der Waals surface area contributed by atoms with Crippen LogP contribution in [0, 0.1) is 0 Å². The highest BCUT2D eigenvalue weighted by atomic mass is 16.1. The van der Waals surface area contributed by atoms with Gasteiger partial charge in [-0.3, -0.25) is 4.79 Å². The third-order valence-electron chi connectivity index (χ3n) is 3.86. The third kappa shape index (κ3) is 2.82. The van der Waals surface area contributed by atoms with Gasteiger partial charge < -0.3 is 15.2 Å². The topological polar surface area (TPSA) is 61.0 Å². The molecule has 20 heavy (non-hydrogen) atoms. The number of likely N-dealkylation sites (tertiary alicyclic amines) is 1. The molecule has 0 atom stereocenters. The number of benzene rings is 1. The number of aromatic nitrogens is 2. The van der Waals surface area contributed by atoms with Gasteiger partial charge in [-0.1, -0.05) is 12.5 Å². The van der Waals surface area contributed by atoms with E-state index in [0.717, 1.165) is 30.7 Å². The van der Waals surface area contributed by atoms with Crippen molar-refractivity contribution in [2.75, 3.05) is 26.2 Å². The predicted octanol–water partition coefficient (Wildman–Crippen LogP) is 1.78. The zero-order valence-electron chi connectivity index (χ0n) is 11.6. The first-order chi connectivity index (χ1) is 9.84. The number of carbonyl (C=O) groups excluding carboxylic acids is 1. The van der Waals surface area contributed by atoms with Gasteiger partial charge in [0.2, 0.25) is 0 Å². The van der Waals surface area contributed by atoms with Gasteiger partial charge in [0.1, 0.15) is 5.52 Å². The molecule has 0 unspecified atom stereocenters. The maximum absolute atomic E-state index is 12.2. The van der Waals surface area contributed by atoms with Crippen LogP contribution >= 0.6 is 0 Å². The number of nitrogens with one attached hydrogen (secondary N) is 2. The lowest BCUT2D eigenvalue weighted by molar-refractivity contribution is 0.0948. The summed E-state index contributed by atoms with van der Waals surface area (Å²) in [6.07, 6.45) is 5.51. The molecular weight excluding hydrogens is 252 g/mol. The van der Waals surface area contributed by atoms with E-state index < -0.39 is 0 Å². The number of piperidine rings is 1. The summed E-state index contributed by atoms with van der Waals surface area (Å²) in [4.78, 5) is 21.9. The van der Waals surface area contributed by atoms with Crippen LogP contribution in [0.2, 0.25) is 0 Å². The summed E-state index contributed by atoms with van der Waals surface area (Å²) < 4.78 is 0. The summed E-state index contributed by atoms with van der Waals surface area (Å²) in [6.45, 7) is 3.94. The number of para-hydroxylation sites is 1. The zero-order valence-corrected chi connectivity index (χ0v) is 11.6. The van der Waals surface area contributed by atoms with Crippen molar-refractivity contribution in [3.8, 4) is 0 Å². The van der Waals surface area contributed by atoms with Gasteiger partial charge in [-0.05, 0) is 38.1 Å². The van der Waals surface area contributed by atoms with E-state index in [4.69, 9.17) is 0 Å². The lowest BCUT2D eigenvalue weighted by Crippen LogP contribution is -2.37. The summed E-state index contributed by atoms with van der Waals surface area (Å²) in [7, 11) is 0. The molecule has 1 aromatic heterocycles. The molecule has 1 fully saturated rings. The van der Waals surface area contributed by atoms with Crippen molar-refractivity contribution in [1.29, 1.82) is 0 Å². The van der Waals surface area contributed by atoms with E-state index in [0.29, 0.717) is 12.1 Å². The Bertz CT molecular complexity index is 586. The van der Waals surface area contributed by atoms with Crippen LogP contribution in [0.1, 0.15) is 29.6 Å². The number of hydrogen-bond acceptors (Lipinski definition) is 3. The molecule has 0 bridgehead atoms. The van der Waals surface area contributed by atoms with E-state index >= 15 is 0 Å². The normalized spacial score (nSPS) is 16.4. The monoisotopic (exact) mass is 272 g/mol. The standard InChI is InChI=1S/C15H20N4O/c20-15(16-7-10-19-8-2-1-3-9-19)12-5-4-6-13-14(12)18-11-17-13/h4-6,11H,1-3,7-10H2,(H,16,20)(H,17,18). The number of amides is 1. The van der Waals surface area contributed by atoms with Gasteiger partial charge in [0, 0.05) is 13.1 Å². The highest BCUT2D eigenvalue weighted by molar-refractivity contribution is 6.04. The second-order valence-corrected chi connectivity index (χ2v) is 5.26. The molecule has 1 aliphatic rings. The molecule has 106 valence electrons. The van der Waals surface area contributed by atoms with Gasteiger partial charge in [-0.15, -0.1) is 0 Å². The molecule has 2 heterocycles. The van der Waals surface area contributed by atoms with Gasteiger partial charge in [-0.25, -0.2) is 4.98 Å². The molecular formula is C15H20N4O. The van der Waals surface area contributed by atoms with Gasteiger partial charge in [-0.2, -0.15) is 0 Å². The maximum Gasteiger partial charge on any atom is 0.253 e. The van der Waals surface area contributed by atoms with Crippen molar-refractivity contribution >= 4 is 16.9 Å². The molecule has 1 saturated heterocycles. The van der Waals surface area contributed by atoms with Crippen molar-refractivity contribution in [3.05, 3.63) is 30.1 Å². The second kappa shape index (κ2) is 6.05. The van der Waals surface area contributed by atoms with Crippen LogP contribution in [0.4, 0.5) is 0 Å². The van der Waals surface area contributed by atoms with E-state index in [1.807, 2.05) is 18.2 Å². The van der Waals surface area contributed by atoms with Crippen molar-refractivity contribution in [2.24, 2.45) is 0 Å². The van der Waals surface area contributed by atoms with E-state index in [2.05, 4.69) is 20.2 Å². The van der Waals surface area contributed by atoms with Gasteiger partial charge >= 0.3 is 0 Å². The van der Waals surface area contributed by atoms with Crippen LogP contribution in [0.15, 0.2) is 24.5 Å². The summed E-state index contributed by atoms with van der Waals surface area (Å²) in [5.41, 5.74) is 2.28. The molecule has 1 aromatic carbocycles. The Morgan fingerprint density at radius 2 is 2.15 bits per heavy atom. The molecule has 5 heteroatoms. The number of carbonyl (C=O) groups is 1. The largest absolute Gasteiger partial charge is 0.351 e. The van der Waals surface area contributed by atoms with Crippen molar-refractivity contribution in [1.82, 2.24) is 20.2 Å². The van der Waals surface area contributed by atoms with Crippen LogP contribution < -0.4 is 5.32 Å². The highest BCUT2D eigenvalue weighted by Gasteiger charge is 2.13. The van der Waals surface area contributed by atoms with Crippen molar-refractivity contribution in [3.63, 3.8) is 0 Å². The van der Waals surface area contributed by atoms with Gasteiger partial charge in [0.15, 0.2) is 0 Å². The second-order valence-electron chi connectivity index (χ2n) is 5.26. The first-order valence-electron chi connectivity index (χ1n) is 7.27. The Hall–Kier alpha value is -1.88. The lowest BCUT2D eigenvalue weighted by Gasteiger charge is -2.26. The van der Waals surface area contributed by atoms with E-state index in [1.54, 1.807) is 6.33 Å². The van der Waals surface area contributed by atoms with Crippen LogP contribution in [-0.4, -0.2) is 47.0 Å². The van der Waals surface area contributed by atoms with E-state index in [-0.39, 0.29) is 5.91 Å². The van der Waals surface area contributed by atoms with Crippen molar-refractivity contribution in [2.45, 2.75) is 19.3 Å². The number of imidazole rings is 1. The predicted molar refractivity (Wildman–Crippen MR) is 78.7 cm³/mol. The Kier molecular flexibility index (Phi) is 3.97. The Balaban J connectivity index is 1.57. The Labute approximate surface area is 118 Å². The smallest absolute Gasteiger partial charge is 0.253 e. The quantitative estimate of drug-likeness (QED) is 0.892. The van der Waals surface area contributed by atoms with Crippen molar-refractivity contribution < 1.29 is 4.79 Å². The van der Waals surface area contributed by atoms with Gasteiger partial charge in [0.05, 0.1) is 17.4 Å². The fraction of sp³-hybridized carbons (Fsp3) is 0.467. The zero-order chi connectivity index (χ0) is 13.8. The minimum atomic E-state index is -0.0419. The number of hydrogen-bond donors (Lipinski definition) is 2. The molecule has 1 amide bonds. The van der Waals surface area contributed by atoms with Crippen LogP contribution in [0.3, 0.4) is 0 Å². The van der Waals surface area contributed by atoms with E-state index in [1.165, 1.54) is 19.3 Å². The molecule has 0 radical (unpaired) electrons. The molecule has 0 saturated carbocycles. The lowest BCUT2D eigenvalue weighted by atomic mass is 10.1. The fourth-order valence-electron chi connectivity index (χ4n) is 2.75. The number of aromatic amines is 1. The molecule has 3 rings (SSSR count). The summed E-state index contributed by atoms with van der Waals surface area (Å²) >= 11 is 0. The number of nitrogens with zero attached hydrogens (tertiary/aromatic N) is 2.